The van der Waals surface area contributed by atoms with Gasteiger partial charge in [-0.2, -0.15) is 13.2 Å². The van der Waals surface area contributed by atoms with Crippen molar-refractivity contribution in [3.63, 3.8) is 0 Å². The summed E-state index contributed by atoms with van der Waals surface area (Å²) >= 11 is 0. The van der Waals surface area contributed by atoms with Crippen molar-refractivity contribution < 1.29 is 17.6 Å². The lowest BCUT2D eigenvalue weighted by molar-refractivity contribution is -0.140. The Morgan fingerprint density at radius 3 is 2.52 bits per heavy atom. The maximum Gasteiger partial charge on any atom is 0.419 e. The van der Waals surface area contributed by atoms with Gasteiger partial charge in [-0.25, -0.2) is 4.39 Å². The standard InChI is InChI=1S/C15H22F4N2/c1-4-11(2)21(3)8-7-20-10-12-5-6-14(16)13(9-12)15(17,18)19/h5-6,9,11,20H,4,7-8,10H2,1-3H3. The summed E-state index contributed by atoms with van der Waals surface area (Å²) in [5, 5.41) is 3.08. The molecule has 1 aromatic rings. The molecule has 0 aliphatic rings. The maximum absolute atomic E-state index is 13.1. The molecule has 1 N–H and O–H groups in total. The van der Waals surface area contributed by atoms with Gasteiger partial charge in [-0.3, -0.25) is 0 Å². The average Bonchev–Trinajstić information content (AvgIpc) is 2.42. The molecule has 2 nitrogen and oxygen atoms in total. The van der Waals surface area contributed by atoms with Crippen LogP contribution in [0.3, 0.4) is 0 Å². The zero-order valence-corrected chi connectivity index (χ0v) is 12.6. The Hall–Kier alpha value is -1.14. The lowest BCUT2D eigenvalue weighted by Crippen LogP contribution is -2.34. The highest BCUT2D eigenvalue weighted by atomic mass is 19.4. The number of alkyl halides is 3. The van der Waals surface area contributed by atoms with Crippen LogP contribution in [0.25, 0.3) is 0 Å². The minimum Gasteiger partial charge on any atom is -0.311 e. The third-order valence-corrected chi connectivity index (χ3v) is 3.65. The fourth-order valence-electron chi connectivity index (χ4n) is 1.92. The van der Waals surface area contributed by atoms with Gasteiger partial charge in [-0.1, -0.05) is 13.0 Å². The van der Waals surface area contributed by atoms with Gasteiger partial charge in [0.1, 0.15) is 5.82 Å². The molecule has 0 heterocycles. The lowest BCUT2D eigenvalue weighted by Gasteiger charge is -2.23. The molecule has 120 valence electrons. The van der Waals surface area contributed by atoms with Crippen molar-refractivity contribution in [2.75, 3.05) is 20.1 Å². The Morgan fingerprint density at radius 2 is 1.95 bits per heavy atom. The monoisotopic (exact) mass is 306 g/mol. The van der Waals surface area contributed by atoms with Crippen LogP contribution >= 0.6 is 0 Å². The van der Waals surface area contributed by atoms with E-state index in [1.807, 2.05) is 7.05 Å². The van der Waals surface area contributed by atoms with E-state index in [0.29, 0.717) is 18.2 Å². The van der Waals surface area contributed by atoms with Crippen molar-refractivity contribution in [1.82, 2.24) is 10.2 Å². The van der Waals surface area contributed by atoms with Gasteiger partial charge in [0.25, 0.3) is 0 Å². The van der Waals surface area contributed by atoms with Crippen molar-refractivity contribution in [3.05, 3.63) is 35.1 Å². The second-order valence-electron chi connectivity index (χ2n) is 5.23. The number of halogens is 4. The smallest absolute Gasteiger partial charge is 0.311 e. The molecule has 1 rings (SSSR count). The minimum atomic E-state index is -4.66. The zero-order chi connectivity index (χ0) is 16.0. The second kappa shape index (κ2) is 7.75. The van der Waals surface area contributed by atoms with Crippen LogP contribution in [0.15, 0.2) is 18.2 Å². The highest BCUT2D eigenvalue weighted by Gasteiger charge is 2.34. The second-order valence-corrected chi connectivity index (χ2v) is 5.23. The Labute approximate surface area is 123 Å². The summed E-state index contributed by atoms with van der Waals surface area (Å²) in [5.41, 5.74) is -0.784. The van der Waals surface area contributed by atoms with E-state index in [4.69, 9.17) is 0 Å². The summed E-state index contributed by atoms with van der Waals surface area (Å²) in [7, 11) is 2.01. The Kier molecular flexibility index (Phi) is 6.61. The molecule has 0 saturated heterocycles. The number of rotatable bonds is 7. The van der Waals surface area contributed by atoms with Crippen LogP contribution in [0, 0.1) is 5.82 Å². The first-order valence-electron chi connectivity index (χ1n) is 7.02. The molecule has 0 spiro atoms. The van der Waals surface area contributed by atoms with Gasteiger partial charge in [0, 0.05) is 25.7 Å². The van der Waals surface area contributed by atoms with Crippen molar-refractivity contribution in [1.29, 1.82) is 0 Å². The molecule has 6 heteroatoms. The molecule has 0 saturated carbocycles. The molecule has 0 bridgehead atoms. The van der Waals surface area contributed by atoms with Gasteiger partial charge in [-0.05, 0) is 38.1 Å². The molecule has 0 aliphatic carbocycles. The molecule has 0 aromatic heterocycles. The first-order valence-corrected chi connectivity index (χ1v) is 7.02. The first-order chi connectivity index (χ1) is 9.75. The summed E-state index contributed by atoms with van der Waals surface area (Å²) in [5.74, 6) is -1.23. The Morgan fingerprint density at radius 1 is 1.29 bits per heavy atom. The van der Waals surface area contributed by atoms with E-state index in [0.717, 1.165) is 25.1 Å². The Bertz CT molecular complexity index is 446. The molecule has 1 unspecified atom stereocenters. The zero-order valence-electron chi connectivity index (χ0n) is 12.6. The highest BCUT2D eigenvalue weighted by molar-refractivity contribution is 5.27. The van der Waals surface area contributed by atoms with E-state index < -0.39 is 17.6 Å². The van der Waals surface area contributed by atoms with Gasteiger partial charge in [0.15, 0.2) is 0 Å². The SMILES string of the molecule is CCC(C)N(C)CCNCc1ccc(F)c(C(F)(F)F)c1. The van der Waals surface area contributed by atoms with Gasteiger partial charge in [0.05, 0.1) is 5.56 Å². The van der Waals surface area contributed by atoms with Gasteiger partial charge < -0.3 is 10.2 Å². The maximum atomic E-state index is 13.1. The predicted octanol–water partition coefficient (Wildman–Crippen LogP) is 3.66. The number of likely N-dealkylation sites (N-methyl/N-ethyl adjacent to an activating group) is 1. The molecule has 0 aliphatic heterocycles. The third-order valence-electron chi connectivity index (χ3n) is 3.65. The van der Waals surface area contributed by atoms with E-state index in [2.05, 4.69) is 24.1 Å². The fraction of sp³-hybridized carbons (Fsp3) is 0.600. The molecule has 21 heavy (non-hydrogen) atoms. The fourth-order valence-corrected chi connectivity index (χ4v) is 1.92. The number of hydrogen-bond acceptors (Lipinski definition) is 2. The highest BCUT2D eigenvalue weighted by Crippen LogP contribution is 2.31. The number of nitrogens with one attached hydrogen (secondary N) is 1. The van der Waals surface area contributed by atoms with Gasteiger partial charge >= 0.3 is 6.18 Å². The molecule has 1 atom stereocenters. The molecule has 0 amide bonds. The topological polar surface area (TPSA) is 15.3 Å². The van der Waals surface area contributed by atoms with Crippen molar-refractivity contribution in [3.8, 4) is 0 Å². The van der Waals surface area contributed by atoms with Crippen LogP contribution in [-0.4, -0.2) is 31.1 Å². The van der Waals surface area contributed by atoms with Crippen LogP contribution in [-0.2, 0) is 12.7 Å². The van der Waals surface area contributed by atoms with Crippen LogP contribution in [0.2, 0.25) is 0 Å². The largest absolute Gasteiger partial charge is 0.419 e. The third kappa shape index (κ3) is 5.63. The average molecular weight is 306 g/mol. The molecular weight excluding hydrogens is 284 g/mol. The summed E-state index contributed by atoms with van der Waals surface area (Å²) in [6.07, 6.45) is -3.61. The minimum absolute atomic E-state index is 0.289. The van der Waals surface area contributed by atoms with Crippen LogP contribution in [0.5, 0.6) is 0 Å². The predicted molar refractivity (Wildman–Crippen MR) is 75.5 cm³/mol. The lowest BCUT2D eigenvalue weighted by atomic mass is 10.1. The van der Waals surface area contributed by atoms with Crippen molar-refractivity contribution in [2.45, 2.75) is 39.0 Å². The van der Waals surface area contributed by atoms with E-state index in [-0.39, 0.29) is 6.54 Å². The van der Waals surface area contributed by atoms with Crippen LogP contribution in [0.1, 0.15) is 31.4 Å². The molecular formula is C15H22F4N2. The normalized spacial score (nSPS) is 13.7. The van der Waals surface area contributed by atoms with E-state index in [1.54, 1.807) is 0 Å². The first kappa shape index (κ1) is 17.9. The van der Waals surface area contributed by atoms with Crippen LogP contribution < -0.4 is 5.32 Å². The van der Waals surface area contributed by atoms with E-state index in [1.165, 1.54) is 6.07 Å². The summed E-state index contributed by atoms with van der Waals surface area (Å²) < 4.78 is 50.9. The van der Waals surface area contributed by atoms with Crippen LogP contribution in [0.4, 0.5) is 17.6 Å². The summed E-state index contributed by atoms with van der Waals surface area (Å²) in [4.78, 5) is 2.18. The quantitative estimate of drug-likeness (QED) is 0.611. The molecule has 0 radical (unpaired) electrons. The molecule has 0 fully saturated rings. The summed E-state index contributed by atoms with van der Waals surface area (Å²) in [6, 6.07) is 3.57. The Balaban J connectivity index is 2.50. The van der Waals surface area contributed by atoms with Gasteiger partial charge in [0.2, 0.25) is 0 Å². The number of benzene rings is 1. The van der Waals surface area contributed by atoms with Crippen molar-refractivity contribution >= 4 is 0 Å². The molecule has 1 aromatic carbocycles. The number of nitrogens with zero attached hydrogens (tertiary/aromatic N) is 1. The van der Waals surface area contributed by atoms with Crippen molar-refractivity contribution in [2.24, 2.45) is 0 Å². The van der Waals surface area contributed by atoms with E-state index >= 15 is 0 Å². The van der Waals surface area contributed by atoms with Gasteiger partial charge in [-0.15, -0.1) is 0 Å². The van der Waals surface area contributed by atoms with E-state index in [9.17, 15) is 17.6 Å². The number of hydrogen-bond donors (Lipinski definition) is 1. The summed E-state index contributed by atoms with van der Waals surface area (Å²) in [6.45, 7) is 5.99.